The van der Waals surface area contributed by atoms with E-state index >= 15 is 0 Å². The van der Waals surface area contributed by atoms with Crippen molar-refractivity contribution in [2.24, 2.45) is 0 Å². The Morgan fingerprint density at radius 2 is 2.21 bits per heavy atom. The minimum Gasteiger partial charge on any atom is -0.465 e. The second kappa shape index (κ2) is 3.80. The molecule has 1 aliphatic heterocycles. The molecule has 1 aromatic rings. The van der Waals surface area contributed by atoms with Crippen molar-refractivity contribution in [3.05, 3.63) is 35.4 Å². The van der Waals surface area contributed by atoms with Crippen LogP contribution >= 0.6 is 0 Å². The molecule has 1 fully saturated rings. The SMILES string of the molecule is O=C1OCCC1c1ccccc1CO. The lowest BCUT2D eigenvalue weighted by atomic mass is 9.93. The van der Waals surface area contributed by atoms with Crippen molar-refractivity contribution in [3.63, 3.8) is 0 Å². The summed E-state index contributed by atoms with van der Waals surface area (Å²) in [7, 11) is 0. The van der Waals surface area contributed by atoms with Crippen LogP contribution in [0.1, 0.15) is 23.5 Å². The van der Waals surface area contributed by atoms with E-state index in [1.807, 2.05) is 24.3 Å². The predicted molar refractivity (Wildman–Crippen MR) is 50.7 cm³/mol. The van der Waals surface area contributed by atoms with Gasteiger partial charge in [0.1, 0.15) is 0 Å². The first-order valence-electron chi connectivity index (χ1n) is 4.68. The van der Waals surface area contributed by atoms with Gasteiger partial charge in [0.25, 0.3) is 0 Å². The van der Waals surface area contributed by atoms with Gasteiger partial charge in [-0.15, -0.1) is 0 Å². The lowest BCUT2D eigenvalue weighted by Crippen LogP contribution is -2.08. The van der Waals surface area contributed by atoms with Crippen molar-refractivity contribution >= 4 is 5.97 Å². The van der Waals surface area contributed by atoms with Gasteiger partial charge in [0.15, 0.2) is 0 Å². The summed E-state index contributed by atoms with van der Waals surface area (Å²) in [5, 5.41) is 9.11. The highest BCUT2D eigenvalue weighted by molar-refractivity contribution is 5.80. The zero-order chi connectivity index (χ0) is 9.97. The van der Waals surface area contributed by atoms with Crippen LogP contribution in [-0.4, -0.2) is 17.7 Å². The Labute approximate surface area is 82.3 Å². The number of hydrogen-bond acceptors (Lipinski definition) is 3. The summed E-state index contributed by atoms with van der Waals surface area (Å²) in [5.41, 5.74) is 1.72. The second-order valence-corrected chi connectivity index (χ2v) is 3.37. The first-order chi connectivity index (χ1) is 6.83. The van der Waals surface area contributed by atoms with Gasteiger partial charge in [0.05, 0.1) is 19.1 Å². The lowest BCUT2D eigenvalue weighted by molar-refractivity contribution is -0.139. The molecule has 0 radical (unpaired) electrons. The standard InChI is InChI=1S/C11H12O3/c12-7-8-3-1-2-4-9(8)10-5-6-14-11(10)13/h1-4,10,12H,5-7H2. The molecule has 0 saturated carbocycles. The van der Waals surface area contributed by atoms with E-state index in [0.29, 0.717) is 6.61 Å². The quantitative estimate of drug-likeness (QED) is 0.716. The summed E-state index contributed by atoms with van der Waals surface area (Å²) in [6.45, 7) is 0.462. The van der Waals surface area contributed by atoms with Crippen molar-refractivity contribution in [3.8, 4) is 0 Å². The van der Waals surface area contributed by atoms with Crippen LogP contribution in [0.2, 0.25) is 0 Å². The summed E-state index contributed by atoms with van der Waals surface area (Å²) < 4.78 is 4.90. The molecule has 3 heteroatoms. The van der Waals surface area contributed by atoms with E-state index in [1.165, 1.54) is 0 Å². The number of rotatable bonds is 2. The highest BCUT2D eigenvalue weighted by Gasteiger charge is 2.29. The van der Waals surface area contributed by atoms with Crippen molar-refractivity contribution in [2.45, 2.75) is 18.9 Å². The van der Waals surface area contributed by atoms with E-state index in [4.69, 9.17) is 9.84 Å². The Morgan fingerprint density at radius 3 is 2.86 bits per heavy atom. The summed E-state index contributed by atoms with van der Waals surface area (Å²) in [6, 6.07) is 7.44. The third-order valence-electron chi connectivity index (χ3n) is 2.54. The number of ether oxygens (including phenoxy) is 1. The number of benzene rings is 1. The Morgan fingerprint density at radius 1 is 1.43 bits per heavy atom. The third kappa shape index (κ3) is 1.51. The molecule has 2 rings (SSSR count). The maximum absolute atomic E-state index is 11.3. The van der Waals surface area contributed by atoms with Crippen LogP contribution in [0.4, 0.5) is 0 Å². The normalized spacial score (nSPS) is 20.9. The molecule has 1 heterocycles. The number of hydrogen-bond donors (Lipinski definition) is 1. The summed E-state index contributed by atoms with van der Waals surface area (Å²) in [6.07, 6.45) is 0.718. The topological polar surface area (TPSA) is 46.5 Å². The first kappa shape index (κ1) is 9.21. The molecule has 0 aromatic heterocycles. The van der Waals surface area contributed by atoms with Gasteiger partial charge in [-0.3, -0.25) is 4.79 Å². The van der Waals surface area contributed by atoms with Gasteiger partial charge in [-0.05, 0) is 17.5 Å². The number of aliphatic hydroxyl groups is 1. The molecule has 0 bridgehead atoms. The Kier molecular flexibility index (Phi) is 2.50. The van der Waals surface area contributed by atoms with Gasteiger partial charge < -0.3 is 9.84 Å². The van der Waals surface area contributed by atoms with Gasteiger partial charge >= 0.3 is 5.97 Å². The average molecular weight is 192 g/mol. The van der Waals surface area contributed by atoms with E-state index in [0.717, 1.165) is 17.5 Å². The minimum absolute atomic E-state index is 0.0278. The third-order valence-corrected chi connectivity index (χ3v) is 2.54. The van der Waals surface area contributed by atoms with Gasteiger partial charge in [-0.2, -0.15) is 0 Å². The zero-order valence-electron chi connectivity index (χ0n) is 7.77. The van der Waals surface area contributed by atoms with Gasteiger partial charge in [-0.25, -0.2) is 0 Å². The molecule has 14 heavy (non-hydrogen) atoms. The molecule has 74 valence electrons. The Bertz CT molecular complexity index is 346. The molecule has 0 amide bonds. The van der Waals surface area contributed by atoms with Crippen LogP contribution < -0.4 is 0 Å². The molecule has 1 N–H and O–H groups in total. The van der Waals surface area contributed by atoms with E-state index in [9.17, 15) is 4.79 Å². The van der Waals surface area contributed by atoms with Crippen LogP contribution in [0.3, 0.4) is 0 Å². The lowest BCUT2D eigenvalue weighted by Gasteiger charge is -2.10. The molecular weight excluding hydrogens is 180 g/mol. The number of esters is 1. The average Bonchev–Trinajstić information content (AvgIpc) is 2.64. The maximum Gasteiger partial charge on any atom is 0.313 e. The molecule has 1 atom stereocenters. The number of cyclic esters (lactones) is 1. The van der Waals surface area contributed by atoms with Crippen LogP contribution in [-0.2, 0) is 16.1 Å². The van der Waals surface area contributed by atoms with E-state index in [2.05, 4.69) is 0 Å². The molecule has 1 saturated heterocycles. The highest BCUT2D eigenvalue weighted by atomic mass is 16.5. The number of carbonyl (C=O) groups is 1. The summed E-state index contributed by atoms with van der Waals surface area (Å²) >= 11 is 0. The van der Waals surface area contributed by atoms with Gasteiger partial charge in [0.2, 0.25) is 0 Å². The van der Waals surface area contributed by atoms with Gasteiger partial charge in [0, 0.05) is 0 Å². The molecule has 1 aromatic carbocycles. The number of aliphatic hydroxyl groups excluding tert-OH is 1. The van der Waals surface area contributed by atoms with E-state index < -0.39 is 0 Å². The van der Waals surface area contributed by atoms with Crippen molar-refractivity contribution in [2.75, 3.05) is 6.61 Å². The predicted octanol–water partition coefficient (Wildman–Crippen LogP) is 1.21. The second-order valence-electron chi connectivity index (χ2n) is 3.37. The van der Waals surface area contributed by atoms with Crippen molar-refractivity contribution < 1.29 is 14.6 Å². The molecule has 1 unspecified atom stereocenters. The van der Waals surface area contributed by atoms with Crippen molar-refractivity contribution in [1.82, 2.24) is 0 Å². The van der Waals surface area contributed by atoms with E-state index in [1.54, 1.807) is 0 Å². The Balaban J connectivity index is 2.35. The highest BCUT2D eigenvalue weighted by Crippen LogP contribution is 2.28. The van der Waals surface area contributed by atoms with Crippen LogP contribution in [0.5, 0.6) is 0 Å². The fourth-order valence-corrected chi connectivity index (χ4v) is 1.80. The maximum atomic E-state index is 11.3. The summed E-state index contributed by atoms with van der Waals surface area (Å²) in [4.78, 5) is 11.3. The fourth-order valence-electron chi connectivity index (χ4n) is 1.80. The van der Waals surface area contributed by atoms with E-state index in [-0.39, 0.29) is 18.5 Å². The molecule has 0 spiro atoms. The molecule has 3 nitrogen and oxygen atoms in total. The molecule has 0 aliphatic carbocycles. The van der Waals surface area contributed by atoms with Crippen LogP contribution in [0.25, 0.3) is 0 Å². The largest absolute Gasteiger partial charge is 0.465 e. The zero-order valence-corrected chi connectivity index (χ0v) is 7.77. The summed E-state index contributed by atoms with van der Waals surface area (Å²) in [5.74, 6) is -0.357. The Hall–Kier alpha value is -1.35. The molecule has 1 aliphatic rings. The fraction of sp³-hybridized carbons (Fsp3) is 0.364. The minimum atomic E-state index is -0.182. The monoisotopic (exact) mass is 192 g/mol. The first-order valence-corrected chi connectivity index (χ1v) is 4.68. The van der Waals surface area contributed by atoms with Gasteiger partial charge in [-0.1, -0.05) is 24.3 Å². The smallest absolute Gasteiger partial charge is 0.313 e. The van der Waals surface area contributed by atoms with Crippen LogP contribution in [0.15, 0.2) is 24.3 Å². The van der Waals surface area contributed by atoms with Crippen LogP contribution in [0, 0.1) is 0 Å². The number of carbonyl (C=O) groups excluding carboxylic acids is 1. The molecular formula is C11H12O3. The van der Waals surface area contributed by atoms with Crippen molar-refractivity contribution in [1.29, 1.82) is 0 Å².